The number of anilines is 2. The molecular weight excluding hydrogens is 329 g/mol. The van der Waals surface area contributed by atoms with Gasteiger partial charge in [-0.2, -0.15) is 5.10 Å². The molecule has 0 saturated carbocycles. The molecule has 3 nitrogen and oxygen atoms in total. The summed E-state index contributed by atoms with van der Waals surface area (Å²) in [7, 11) is 1.79. The molecular formula is C15H14Cl3N3. The van der Waals surface area contributed by atoms with Crippen molar-refractivity contribution in [2.45, 2.75) is 6.92 Å². The van der Waals surface area contributed by atoms with E-state index in [1.807, 2.05) is 19.1 Å². The van der Waals surface area contributed by atoms with Crippen molar-refractivity contribution in [3.63, 3.8) is 0 Å². The van der Waals surface area contributed by atoms with Crippen molar-refractivity contribution in [1.82, 2.24) is 0 Å². The highest BCUT2D eigenvalue weighted by Crippen LogP contribution is 2.32. The van der Waals surface area contributed by atoms with Gasteiger partial charge in [0.05, 0.1) is 21.4 Å². The lowest BCUT2D eigenvalue weighted by Gasteiger charge is -2.17. The van der Waals surface area contributed by atoms with Gasteiger partial charge < -0.3 is 5.73 Å². The molecule has 0 aliphatic carbocycles. The van der Waals surface area contributed by atoms with Gasteiger partial charge >= 0.3 is 0 Å². The lowest BCUT2D eigenvalue weighted by Crippen LogP contribution is -2.13. The molecule has 0 amide bonds. The molecule has 0 atom stereocenters. The number of hydrogen-bond donors (Lipinski definition) is 1. The number of rotatable bonds is 3. The molecule has 0 bridgehead atoms. The van der Waals surface area contributed by atoms with E-state index in [1.54, 1.807) is 36.3 Å². The molecule has 21 heavy (non-hydrogen) atoms. The fourth-order valence-corrected chi connectivity index (χ4v) is 2.51. The average Bonchev–Trinajstić information content (AvgIpc) is 2.44. The van der Waals surface area contributed by atoms with E-state index in [2.05, 4.69) is 5.10 Å². The Balaban J connectivity index is 2.38. The molecule has 110 valence electrons. The maximum atomic E-state index is 6.19. The maximum absolute atomic E-state index is 6.19. The third-order valence-electron chi connectivity index (χ3n) is 2.98. The third-order valence-corrected chi connectivity index (χ3v) is 4.03. The molecule has 0 radical (unpaired) electrons. The zero-order valence-corrected chi connectivity index (χ0v) is 13.8. The predicted octanol–water partition coefficient (Wildman–Crippen LogP) is 5.09. The molecule has 2 aromatic rings. The van der Waals surface area contributed by atoms with Crippen LogP contribution in [0.3, 0.4) is 0 Å². The summed E-state index contributed by atoms with van der Waals surface area (Å²) in [5, 5.41) is 7.69. The predicted molar refractivity (Wildman–Crippen MR) is 92.9 cm³/mol. The van der Waals surface area contributed by atoms with E-state index >= 15 is 0 Å². The maximum Gasteiger partial charge on any atom is 0.0844 e. The van der Waals surface area contributed by atoms with Crippen LogP contribution in [-0.4, -0.2) is 12.8 Å². The summed E-state index contributed by atoms with van der Waals surface area (Å²) in [4.78, 5) is 0. The van der Waals surface area contributed by atoms with Gasteiger partial charge in [0.25, 0.3) is 0 Å². The first-order chi connectivity index (χ1) is 9.90. The zero-order chi connectivity index (χ0) is 15.6. The fourth-order valence-electron chi connectivity index (χ4n) is 1.92. The molecule has 0 fully saturated rings. The average molecular weight is 343 g/mol. The van der Waals surface area contributed by atoms with E-state index in [1.165, 1.54) is 0 Å². The van der Waals surface area contributed by atoms with Gasteiger partial charge in [0.15, 0.2) is 0 Å². The SMILES string of the molecule is C/C(=N\N(C)c1cccc(Cl)c1Cl)c1cc(Cl)ccc1N. The molecule has 2 aromatic carbocycles. The lowest BCUT2D eigenvalue weighted by molar-refractivity contribution is 1.01. The van der Waals surface area contributed by atoms with E-state index < -0.39 is 0 Å². The summed E-state index contributed by atoms with van der Waals surface area (Å²) >= 11 is 18.2. The van der Waals surface area contributed by atoms with E-state index in [4.69, 9.17) is 40.5 Å². The number of nitrogen functional groups attached to an aromatic ring is 1. The third kappa shape index (κ3) is 3.62. The quantitative estimate of drug-likeness (QED) is 0.479. The molecule has 6 heteroatoms. The molecule has 0 spiro atoms. The first kappa shape index (κ1) is 16.0. The van der Waals surface area contributed by atoms with Gasteiger partial charge in [-0.1, -0.05) is 40.9 Å². The minimum Gasteiger partial charge on any atom is -0.398 e. The molecule has 0 aromatic heterocycles. The summed E-state index contributed by atoms with van der Waals surface area (Å²) in [6, 6.07) is 10.7. The molecule has 2 N–H and O–H groups in total. The first-order valence-electron chi connectivity index (χ1n) is 6.18. The Kier molecular flexibility index (Phi) is 4.99. The first-order valence-corrected chi connectivity index (χ1v) is 7.32. The van der Waals surface area contributed by atoms with Gasteiger partial charge in [-0.25, -0.2) is 0 Å². The van der Waals surface area contributed by atoms with Crippen LogP contribution in [0.2, 0.25) is 15.1 Å². The van der Waals surface area contributed by atoms with Gasteiger partial charge in [0.1, 0.15) is 0 Å². The van der Waals surface area contributed by atoms with Crippen LogP contribution in [0.4, 0.5) is 11.4 Å². The fraction of sp³-hybridized carbons (Fsp3) is 0.133. The molecule has 2 rings (SSSR count). The second-order valence-corrected chi connectivity index (χ2v) is 5.74. The van der Waals surface area contributed by atoms with E-state index in [9.17, 15) is 0 Å². The normalized spacial score (nSPS) is 11.6. The summed E-state index contributed by atoms with van der Waals surface area (Å²) in [5.74, 6) is 0. The summed E-state index contributed by atoms with van der Waals surface area (Å²) < 4.78 is 0. The van der Waals surface area contributed by atoms with Crippen LogP contribution in [0.25, 0.3) is 0 Å². The Morgan fingerprint density at radius 1 is 1.14 bits per heavy atom. The number of halogens is 3. The van der Waals surface area contributed by atoms with Crippen molar-refractivity contribution in [3.8, 4) is 0 Å². The van der Waals surface area contributed by atoms with Crippen LogP contribution in [0, 0.1) is 0 Å². The van der Waals surface area contributed by atoms with Crippen LogP contribution in [0.5, 0.6) is 0 Å². The summed E-state index contributed by atoms with van der Waals surface area (Å²) in [5.41, 5.74) is 8.80. The van der Waals surface area contributed by atoms with Gasteiger partial charge in [-0.15, -0.1) is 0 Å². The molecule has 0 aliphatic heterocycles. The highest BCUT2D eigenvalue weighted by molar-refractivity contribution is 6.43. The van der Waals surface area contributed by atoms with Crippen LogP contribution in [-0.2, 0) is 0 Å². The van der Waals surface area contributed by atoms with Crippen molar-refractivity contribution in [2.75, 3.05) is 17.8 Å². The second kappa shape index (κ2) is 6.56. The topological polar surface area (TPSA) is 41.6 Å². The van der Waals surface area contributed by atoms with Crippen LogP contribution in [0.1, 0.15) is 12.5 Å². The number of nitrogens with two attached hydrogens (primary N) is 1. The van der Waals surface area contributed by atoms with Crippen molar-refractivity contribution >= 4 is 51.9 Å². The Hall–Kier alpha value is -1.42. The number of nitrogens with zero attached hydrogens (tertiary/aromatic N) is 2. The van der Waals surface area contributed by atoms with Gasteiger partial charge in [0.2, 0.25) is 0 Å². The van der Waals surface area contributed by atoms with Crippen LogP contribution >= 0.6 is 34.8 Å². The van der Waals surface area contributed by atoms with Crippen molar-refractivity contribution < 1.29 is 0 Å². The van der Waals surface area contributed by atoms with E-state index in [-0.39, 0.29) is 0 Å². The van der Waals surface area contributed by atoms with Gasteiger partial charge in [0, 0.05) is 23.3 Å². The molecule has 0 unspecified atom stereocenters. The smallest absolute Gasteiger partial charge is 0.0844 e. The summed E-state index contributed by atoms with van der Waals surface area (Å²) in [6.45, 7) is 1.86. The van der Waals surface area contributed by atoms with Crippen LogP contribution < -0.4 is 10.7 Å². The van der Waals surface area contributed by atoms with E-state index in [0.717, 1.165) is 11.3 Å². The highest BCUT2D eigenvalue weighted by atomic mass is 35.5. The minimum absolute atomic E-state index is 0.456. The van der Waals surface area contributed by atoms with E-state index in [0.29, 0.717) is 26.4 Å². The second-order valence-electron chi connectivity index (χ2n) is 4.51. The van der Waals surface area contributed by atoms with Crippen molar-refractivity contribution in [1.29, 1.82) is 0 Å². The summed E-state index contributed by atoms with van der Waals surface area (Å²) in [6.07, 6.45) is 0. The largest absolute Gasteiger partial charge is 0.398 e. The lowest BCUT2D eigenvalue weighted by atomic mass is 10.1. The Bertz CT molecular complexity index is 699. The Labute approximate surface area is 138 Å². The highest BCUT2D eigenvalue weighted by Gasteiger charge is 2.10. The Morgan fingerprint density at radius 2 is 1.86 bits per heavy atom. The molecule has 0 heterocycles. The standard InChI is InChI=1S/C15H14Cl3N3/c1-9(11-8-10(16)6-7-13(11)19)20-21(2)14-5-3-4-12(17)15(14)18/h3-8H,19H2,1-2H3/b20-9+. The van der Waals surface area contributed by atoms with Crippen LogP contribution in [0.15, 0.2) is 41.5 Å². The molecule has 0 saturated heterocycles. The van der Waals surface area contributed by atoms with Gasteiger partial charge in [-0.05, 0) is 37.3 Å². The number of hydrazone groups is 1. The minimum atomic E-state index is 0.456. The van der Waals surface area contributed by atoms with Gasteiger partial charge in [-0.3, -0.25) is 5.01 Å². The zero-order valence-electron chi connectivity index (χ0n) is 11.6. The van der Waals surface area contributed by atoms with Crippen molar-refractivity contribution in [2.24, 2.45) is 5.10 Å². The Morgan fingerprint density at radius 3 is 2.57 bits per heavy atom. The van der Waals surface area contributed by atoms with Crippen molar-refractivity contribution in [3.05, 3.63) is 57.0 Å². The number of hydrogen-bond acceptors (Lipinski definition) is 3. The monoisotopic (exact) mass is 341 g/mol. The molecule has 0 aliphatic rings. The number of benzene rings is 2.